The number of hydrogen-bond acceptors (Lipinski definition) is 2. The number of sulfonamides is 1. The van der Waals surface area contributed by atoms with E-state index in [2.05, 4.69) is 9.71 Å². The second-order valence-corrected chi connectivity index (χ2v) is 7.17. The zero-order valence-electron chi connectivity index (χ0n) is 11.9. The lowest BCUT2D eigenvalue weighted by molar-refractivity contribution is 0.581. The maximum atomic E-state index is 12.4. The minimum Gasteiger partial charge on any atom is -0.358 e. The average molecular weight is 335 g/mol. The van der Waals surface area contributed by atoms with Gasteiger partial charge in [0.15, 0.2) is 0 Å². The van der Waals surface area contributed by atoms with Gasteiger partial charge < -0.3 is 4.98 Å². The van der Waals surface area contributed by atoms with E-state index in [4.69, 9.17) is 11.6 Å². The highest BCUT2D eigenvalue weighted by atomic mass is 35.5. The Hall–Kier alpha value is -1.82. The van der Waals surface area contributed by atoms with Crippen molar-refractivity contribution in [3.63, 3.8) is 0 Å². The lowest BCUT2D eigenvalue weighted by atomic mass is 10.1. The van der Waals surface area contributed by atoms with E-state index < -0.39 is 10.0 Å². The molecule has 3 aromatic rings. The summed E-state index contributed by atoms with van der Waals surface area (Å²) in [5, 5.41) is 1.23. The molecule has 0 fully saturated rings. The lowest BCUT2D eigenvalue weighted by Gasteiger charge is -2.08. The fraction of sp³-hybridized carbons (Fsp3) is 0.125. The minimum atomic E-state index is -3.65. The molecular formula is C16H15ClN2O2S. The van der Waals surface area contributed by atoms with E-state index in [0.717, 1.165) is 22.2 Å². The number of aromatic nitrogens is 1. The van der Waals surface area contributed by atoms with Gasteiger partial charge in [-0.15, -0.1) is 0 Å². The number of benzene rings is 2. The Morgan fingerprint density at radius 1 is 1.09 bits per heavy atom. The zero-order chi connectivity index (χ0) is 15.7. The Kier molecular flexibility index (Phi) is 3.95. The molecule has 114 valence electrons. The van der Waals surface area contributed by atoms with Gasteiger partial charge in [-0.2, -0.15) is 0 Å². The lowest BCUT2D eigenvalue weighted by Crippen LogP contribution is -2.23. The van der Waals surface area contributed by atoms with Crippen molar-refractivity contribution in [1.82, 2.24) is 9.71 Å². The average Bonchev–Trinajstić information content (AvgIpc) is 2.81. The molecule has 1 heterocycles. The standard InChI is InChI=1S/C16H15ClN2O2S/c1-11-13(12-6-2-4-8-15(12)19-11)10-18-22(20,21)16-9-5-3-7-14(16)17/h2-9,18-19H,10H2,1H3. The predicted molar refractivity (Wildman–Crippen MR) is 88.5 cm³/mol. The van der Waals surface area contributed by atoms with E-state index in [1.54, 1.807) is 18.2 Å². The molecule has 0 amide bonds. The third kappa shape index (κ3) is 2.75. The van der Waals surface area contributed by atoms with Gasteiger partial charge in [0.25, 0.3) is 0 Å². The molecule has 0 atom stereocenters. The van der Waals surface area contributed by atoms with Crippen molar-refractivity contribution in [3.8, 4) is 0 Å². The van der Waals surface area contributed by atoms with Crippen LogP contribution in [-0.4, -0.2) is 13.4 Å². The highest BCUT2D eigenvalue weighted by molar-refractivity contribution is 7.89. The summed E-state index contributed by atoms with van der Waals surface area (Å²) in [4.78, 5) is 3.35. The van der Waals surface area contributed by atoms with Crippen LogP contribution in [0.1, 0.15) is 11.3 Å². The maximum Gasteiger partial charge on any atom is 0.242 e. The summed E-state index contributed by atoms with van der Waals surface area (Å²) < 4.78 is 27.4. The molecular weight excluding hydrogens is 320 g/mol. The fourth-order valence-corrected chi connectivity index (χ4v) is 3.98. The number of H-pyrrole nitrogens is 1. The molecule has 3 rings (SSSR count). The molecule has 4 nitrogen and oxygen atoms in total. The number of aromatic amines is 1. The second-order valence-electron chi connectivity index (χ2n) is 5.03. The van der Waals surface area contributed by atoms with Crippen LogP contribution in [0.25, 0.3) is 10.9 Å². The number of fused-ring (bicyclic) bond motifs is 1. The fourth-order valence-electron chi connectivity index (χ4n) is 2.47. The van der Waals surface area contributed by atoms with Crippen LogP contribution in [0.15, 0.2) is 53.4 Å². The van der Waals surface area contributed by atoms with Crippen LogP contribution in [0.5, 0.6) is 0 Å². The normalized spacial score (nSPS) is 11.9. The zero-order valence-corrected chi connectivity index (χ0v) is 13.5. The van der Waals surface area contributed by atoms with E-state index >= 15 is 0 Å². The van der Waals surface area contributed by atoms with Gasteiger partial charge in [0, 0.05) is 23.1 Å². The van der Waals surface area contributed by atoms with Gasteiger partial charge in [0.1, 0.15) is 4.90 Å². The quantitative estimate of drug-likeness (QED) is 0.765. The number of rotatable bonds is 4. The Labute approximate surface area is 134 Å². The van der Waals surface area contributed by atoms with E-state index in [-0.39, 0.29) is 16.5 Å². The van der Waals surface area contributed by atoms with Gasteiger partial charge in [-0.25, -0.2) is 13.1 Å². The topological polar surface area (TPSA) is 62.0 Å². The number of hydrogen-bond donors (Lipinski definition) is 2. The van der Waals surface area contributed by atoms with Crippen molar-refractivity contribution in [2.75, 3.05) is 0 Å². The van der Waals surface area contributed by atoms with E-state index in [1.807, 2.05) is 31.2 Å². The minimum absolute atomic E-state index is 0.0918. The van der Waals surface area contributed by atoms with Gasteiger partial charge in [-0.05, 0) is 30.7 Å². The molecule has 0 unspecified atom stereocenters. The molecule has 1 aromatic heterocycles. The Morgan fingerprint density at radius 2 is 1.77 bits per heavy atom. The predicted octanol–water partition coefficient (Wildman–Crippen LogP) is 3.61. The first-order valence-corrected chi connectivity index (χ1v) is 8.65. The van der Waals surface area contributed by atoms with Gasteiger partial charge in [-0.1, -0.05) is 41.9 Å². The molecule has 0 saturated carbocycles. The Balaban J connectivity index is 1.91. The summed E-state index contributed by atoms with van der Waals surface area (Å²) in [5.74, 6) is 0. The molecule has 0 saturated heterocycles. The molecule has 6 heteroatoms. The Morgan fingerprint density at radius 3 is 2.55 bits per heavy atom. The molecule has 2 aromatic carbocycles. The number of nitrogens with one attached hydrogen (secondary N) is 2. The summed E-state index contributed by atoms with van der Waals surface area (Å²) in [6.07, 6.45) is 0. The van der Waals surface area contributed by atoms with Crippen molar-refractivity contribution in [2.24, 2.45) is 0 Å². The van der Waals surface area contributed by atoms with Crippen molar-refractivity contribution in [3.05, 3.63) is 64.8 Å². The highest BCUT2D eigenvalue weighted by Gasteiger charge is 2.18. The molecule has 0 radical (unpaired) electrons. The summed E-state index contributed by atoms with van der Waals surface area (Å²) in [5.41, 5.74) is 2.88. The maximum absolute atomic E-state index is 12.4. The van der Waals surface area contributed by atoms with Gasteiger partial charge in [0.05, 0.1) is 5.02 Å². The number of aryl methyl sites for hydroxylation is 1. The molecule has 0 spiro atoms. The first-order chi connectivity index (χ1) is 10.5. The Bertz CT molecular complexity index is 932. The number of para-hydroxylation sites is 1. The van der Waals surface area contributed by atoms with Gasteiger partial charge in [-0.3, -0.25) is 0 Å². The van der Waals surface area contributed by atoms with Crippen LogP contribution in [0.4, 0.5) is 0 Å². The molecule has 0 aliphatic heterocycles. The third-order valence-corrected chi connectivity index (χ3v) is 5.49. The van der Waals surface area contributed by atoms with Crippen molar-refractivity contribution < 1.29 is 8.42 Å². The van der Waals surface area contributed by atoms with Crippen molar-refractivity contribution >= 4 is 32.5 Å². The highest BCUT2D eigenvalue weighted by Crippen LogP contribution is 2.24. The van der Waals surface area contributed by atoms with E-state index in [9.17, 15) is 8.42 Å². The molecule has 0 aliphatic carbocycles. The summed E-state index contributed by atoms with van der Waals surface area (Å²) in [6, 6.07) is 14.2. The molecule has 0 bridgehead atoms. The van der Waals surface area contributed by atoms with Gasteiger partial charge >= 0.3 is 0 Å². The van der Waals surface area contributed by atoms with E-state index in [1.165, 1.54) is 6.07 Å². The van der Waals surface area contributed by atoms with Crippen LogP contribution >= 0.6 is 11.6 Å². The summed E-state index contributed by atoms with van der Waals surface area (Å²) in [7, 11) is -3.65. The monoisotopic (exact) mass is 334 g/mol. The second kappa shape index (κ2) is 5.76. The van der Waals surface area contributed by atoms with Gasteiger partial charge in [0.2, 0.25) is 10.0 Å². The van der Waals surface area contributed by atoms with Crippen molar-refractivity contribution in [1.29, 1.82) is 0 Å². The third-order valence-electron chi connectivity index (χ3n) is 3.59. The molecule has 22 heavy (non-hydrogen) atoms. The van der Waals surface area contributed by atoms with Crippen LogP contribution < -0.4 is 4.72 Å². The first kappa shape index (κ1) is 15.1. The van der Waals surface area contributed by atoms with Crippen LogP contribution in [0.3, 0.4) is 0 Å². The van der Waals surface area contributed by atoms with Crippen LogP contribution in [0.2, 0.25) is 5.02 Å². The number of halogens is 1. The van der Waals surface area contributed by atoms with Crippen LogP contribution in [-0.2, 0) is 16.6 Å². The summed E-state index contributed by atoms with van der Waals surface area (Å²) in [6.45, 7) is 2.14. The van der Waals surface area contributed by atoms with E-state index in [0.29, 0.717) is 0 Å². The molecule has 2 N–H and O–H groups in total. The first-order valence-electron chi connectivity index (χ1n) is 6.79. The molecule has 0 aliphatic rings. The SMILES string of the molecule is Cc1[nH]c2ccccc2c1CNS(=O)(=O)c1ccccc1Cl. The largest absolute Gasteiger partial charge is 0.358 e. The summed E-state index contributed by atoms with van der Waals surface area (Å²) >= 11 is 5.97. The van der Waals surface area contributed by atoms with Crippen LogP contribution in [0, 0.1) is 6.92 Å². The smallest absolute Gasteiger partial charge is 0.242 e. The van der Waals surface area contributed by atoms with Crippen molar-refractivity contribution in [2.45, 2.75) is 18.4 Å².